The number of benzene rings is 1. The van der Waals surface area contributed by atoms with Gasteiger partial charge in [0.05, 0.1) is 6.54 Å². The summed E-state index contributed by atoms with van der Waals surface area (Å²) in [5.74, 6) is -2.02. The predicted octanol–water partition coefficient (Wildman–Crippen LogP) is 2.83. The van der Waals surface area contributed by atoms with E-state index in [1.165, 1.54) is 13.2 Å². The Kier molecular flexibility index (Phi) is 7.55. The van der Waals surface area contributed by atoms with Gasteiger partial charge in [-0.25, -0.2) is 8.78 Å². The van der Waals surface area contributed by atoms with Crippen LogP contribution in [0.15, 0.2) is 18.2 Å². The third-order valence-electron chi connectivity index (χ3n) is 6.48. The van der Waals surface area contributed by atoms with Crippen molar-refractivity contribution in [2.24, 2.45) is 5.41 Å². The molecule has 0 spiro atoms. The molecule has 174 valence electrons. The summed E-state index contributed by atoms with van der Waals surface area (Å²) >= 11 is 0. The maximum Gasteiger partial charge on any atom is 0.248 e. The molecule has 2 fully saturated rings. The largest absolute Gasteiger partial charge is 0.490 e. The molecule has 1 aliphatic heterocycles. The van der Waals surface area contributed by atoms with E-state index in [2.05, 4.69) is 18.7 Å². The number of β-amino-alcohol motifs (C(OH)–C–C–N with tert-alkyl or cyclic N) is 1. The van der Waals surface area contributed by atoms with Gasteiger partial charge in [0.25, 0.3) is 0 Å². The number of nitrogens with zero attached hydrogens (tertiary/aromatic N) is 2. The summed E-state index contributed by atoms with van der Waals surface area (Å²) in [5.41, 5.74) is -1.02. The average Bonchev–Trinajstić information content (AvgIpc) is 2.89. The Bertz CT molecular complexity index is 766. The minimum absolute atomic E-state index is 0.0578. The highest BCUT2D eigenvalue weighted by molar-refractivity contribution is 5.77. The first-order valence-electron chi connectivity index (χ1n) is 10.9. The SMILES string of the molecule is COCC(=O)N1CCN(C2CCC(C)(C)CC2)CC(O)(COc2ccc(F)c(F)c2)C1. The summed E-state index contributed by atoms with van der Waals surface area (Å²) in [4.78, 5) is 16.4. The molecule has 3 rings (SSSR count). The molecule has 6 nitrogen and oxygen atoms in total. The fourth-order valence-electron chi connectivity index (χ4n) is 4.55. The van der Waals surface area contributed by atoms with Crippen molar-refractivity contribution in [3.8, 4) is 5.75 Å². The van der Waals surface area contributed by atoms with Gasteiger partial charge < -0.3 is 19.5 Å². The lowest BCUT2D eigenvalue weighted by Crippen LogP contribution is -2.54. The van der Waals surface area contributed by atoms with Crippen LogP contribution in [0.1, 0.15) is 39.5 Å². The summed E-state index contributed by atoms with van der Waals surface area (Å²) in [6, 6.07) is 3.62. The Hall–Kier alpha value is -1.77. The van der Waals surface area contributed by atoms with E-state index in [-0.39, 0.29) is 31.4 Å². The first kappa shape index (κ1) is 23.9. The van der Waals surface area contributed by atoms with E-state index in [0.717, 1.165) is 37.8 Å². The van der Waals surface area contributed by atoms with Gasteiger partial charge in [-0.2, -0.15) is 0 Å². The summed E-state index contributed by atoms with van der Waals surface area (Å²) in [7, 11) is 1.46. The van der Waals surface area contributed by atoms with Crippen molar-refractivity contribution < 1.29 is 28.2 Å². The maximum atomic E-state index is 13.5. The van der Waals surface area contributed by atoms with Gasteiger partial charge in [0, 0.05) is 38.9 Å². The molecule has 31 heavy (non-hydrogen) atoms. The van der Waals surface area contributed by atoms with Crippen molar-refractivity contribution in [1.82, 2.24) is 9.80 Å². The molecule has 1 aromatic rings. The van der Waals surface area contributed by atoms with Crippen molar-refractivity contribution in [2.75, 3.05) is 46.5 Å². The van der Waals surface area contributed by atoms with Crippen LogP contribution in [0.4, 0.5) is 8.78 Å². The van der Waals surface area contributed by atoms with Gasteiger partial charge in [0.15, 0.2) is 11.6 Å². The molecule has 0 radical (unpaired) electrons. The lowest BCUT2D eigenvalue weighted by molar-refractivity contribution is -0.138. The smallest absolute Gasteiger partial charge is 0.248 e. The maximum absolute atomic E-state index is 13.5. The van der Waals surface area contributed by atoms with Gasteiger partial charge >= 0.3 is 0 Å². The molecule has 1 aliphatic carbocycles. The molecule has 1 atom stereocenters. The molecule has 1 amide bonds. The summed E-state index contributed by atoms with van der Waals surface area (Å²) in [6.07, 6.45) is 4.31. The molecule has 1 unspecified atom stereocenters. The number of halogens is 2. The minimum atomic E-state index is -1.35. The lowest BCUT2D eigenvalue weighted by atomic mass is 9.75. The highest BCUT2D eigenvalue weighted by Gasteiger charge is 2.40. The van der Waals surface area contributed by atoms with Crippen LogP contribution in [0.3, 0.4) is 0 Å². The van der Waals surface area contributed by atoms with Crippen LogP contribution in [-0.4, -0.2) is 79.0 Å². The van der Waals surface area contributed by atoms with E-state index < -0.39 is 17.2 Å². The van der Waals surface area contributed by atoms with E-state index in [1.54, 1.807) is 4.90 Å². The minimum Gasteiger partial charge on any atom is -0.490 e. The Labute approximate surface area is 183 Å². The average molecular weight is 441 g/mol. The zero-order valence-electron chi connectivity index (χ0n) is 18.7. The summed E-state index contributed by atoms with van der Waals surface area (Å²) in [5, 5.41) is 11.5. The van der Waals surface area contributed by atoms with Crippen molar-refractivity contribution in [2.45, 2.75) is 51.2 Å². The molecule has 1 N–H and O–H groups in total. The van der Waals surface area contributed by atoms with Crippen molar-refractivity contribution >= 4 is 5.91 Å². The Morgan fingerprint density at radius 3 is 2.52 bits per heavy atom. The molecule has 1 saturated carbocycles. The second-order valence-electron chi connectivity index (χ2n) is 9.70. The van der Waals surface area contributed by atoms with Crippen LogP contribution in [0.2, 0.25) is 0 Å². The fourth-order valence-corrected chi connectivity index (χ4v) is 4.55. The molecular weight excluding hydrogens is 406 g/mol. The van der Waals surface area contributed by atoms with E-state index in [1.807, 2.05) is 0 Å². The van der Waals surface area contributed by atoms with E-state index in [4.69, 9.17) is 9.47 Å². The molecule has 0 bridgehead atoms. The van der Waals surface area contributed by atoms with Gasteiger partial charge in [-0.1, -0.05) is 13.8 Å². The van der Waals surface area contributed by atoms with Gasteiger partial charge in [0.2, 0.25) is 5.91 Å². The molecule has 1 aromatic carbocycles. The standard InChI is InChI=1S/C23H34F2N2O4/c1-22(2)8-6-17(7-9-22)26-10-11-27(21(28)13-30-3)15-23(29,14-26)16-31-18-4-5-19(24)20(25)12-18/h4-5,12,17,29H,6-11,13-16H2,1-3H3. The first-order valence-corrected chi connectivity index (χ1v) is 10.9. The van der Waals surface area contributed by atoms with Crippen LogP contribution in [0.25, 0.3) is 0 Å². The zero-order valence-corrected chi connectivity index (χ0v) is 18.7. The van der Waals surface area contributed by atoms with Gasteiger partial charge in [-0.05, 0) is 43.2 Å². The summed E-state index contributed by atoms with van der Waals surface area (Å²) < 4.78 is 37.4. The number of rotatable bonds is 6. The van der Waals surface area contributed by atoms with Crippen molar-refractivity contribution in [1.29, 1.82) is 0 Å². The monoisotopic (exact) mass is 440 g/mol. The van der Waals surface area contributed by atoms with Crippen LogP contribution in [-0.2, 0) is 9.53 Å². The number of hydrogen-bond acceptors (Lipinski definition) is 5. The number of methoxy groups -OCH3 is 1. The molecule has 1 saturated heterocycles. The molecule has 1 heterocycles. The van der Waals surface area contributed by atoms with Crippen LogP contribution < -0.4 is 4.74 Å². The Balaban J connectivity index is 1.74. The number of carbonyl (C=O) groups is 1. The lowest BCUT2D eigenvalue weighted by Gasteiger charge is -2.41. The number of ether oxygens (including phenoxy) is 2. The van der Waals surface area contributed by atoms with E-state index in [0.29, 0.717) is 31.1 Å². The van der Waals surface area contributed by atoms with Crippen molar-refractivity contribution in [3.63, 3.8) is 0 Å². The zero-order chi connectivity index (χ0) is 22.6. The molecule has 0 aromatic heterocycles. The highest BCUT2D eigenvalue weighted by Crippen LogP contribution is 2.37. The third-order valence-corrected chi connectivity index (χ3v) is 6.48. The second-order valence-corrected chi connectivity index (χ2v) is 9.70. The van der Waals surface area contributed by atoms with Crippen molar-refractivity contribution in [3.05, 3.63) is 29.8 Å². The number of carbonyl (C=O) groups excluding carboxylic acids is 1. The number of aliphatic hydroxyl groups is 1. The van der Waals surface area contributed by atoms with Crippen LogP contribution >= 0.6 is 0 Å². The normalized spacial score (nSPS) is 25.3. The van der Waals surface area contributed by atoms with Gasteiger partial charge in [-0.3, -0.25) is 9.69 Å². The Morgan fingerprint density at radius 2 is 1.87 bits per heavy atom. The predicted molar refractivity (Wildman–Crippen MR) is 113 cm³/mol. The number of hydrogen-bond donors (Lipinski definition) is 1. The van der Waals surface area contributed by atoms with E-state index in [9.17, 15) is 18.7 Å². The summed E-state index contributed by atoms with van der Waals surface area (Å²) in [6.45, 7) is 5.96. The van der Waals surface area contributed by atoms with Crippen LogP contribution in [0, 0.1) is 17.0 Å². The molecule has 8 heteroatoms. The quantitative estimate of drug-likeness (QED) is 0.737. The van der Waals surface area contributed by atoms with E-state index >= 15 is 0 Å². The van der Waals surface area contributed by atoms with Crippen LogP contribution in [0.5, 0.6) is 5.75 Å². The number of amides is 1. The molecule has 2 aliphatic rings. The first-order chi connectivity index (χ1) is 14.6. The van der Waals surface area contributed by atoms with Gasteiger partial charge in [-0.15, -0.1) is 0 Å². The Morgan fingerprint density at radius 1 is 1.16 bits per heavy atom. The second kappa shape index (κ2) is 9.79. The third kappa shape index (κ3) is 6.37. The molecular formula is C23H34F2N2O4. The highest BCUT2D eigenvalue weighted by atomic mass is 19.2. The van der Waals surface area contributed by atoms with Gasteiger partial charge in [0.1, 0.15) is 24.6 Å². The topological polar surface area (TPSA) is 62.2 Å². The fraction of sp³-hybridized carbons (Fsp3) is 0.696.